The zero-order chi connectivity index (χ0) is 18.7. The number of ether oxygens (including phenoxy) is 1. The van der Waals surface area contributed by atoms with Gasteiger partial charge in [-0.3, -0.25) is 9.89 Å². The summed E-state index contributed by atoms with van der Waals surface area (Å²) in [4.78, 5) is 8.35. The average Bonchev–Trinajstić information content (AvgIpc) is 3.42. The lowest BCUT2D eigenvalue weighted by molar-refractivity contribution is 0.125. The Labute approximate surface area is 189 Å². The molecule has 1 fully saturated rings. The van der Waals surface area contributed by atoms with Crippen molar-refractivity contribution in [2.75, 3.05) is 39.8 Å². The number of guanidine groups is 1. The van der Waals surface area contributed by atoms with Gasteiger partial charge in [0.2, 0.25) is 0 Å². The van der Waals surface area contributed by atoms with E-state index in [9.17, 15) is 0 Å². The monoisotopic (exact) mass is 514 g/mol. The Morgan fingerprint density at radius 1 is 1.14 bits per heavy atom. The van der Waals surface area contributed by atoms with Gasteiger partial charge in [0.1, 0.15) is 0 Å². The molecule has 0 bridgehead atoms. The van der Waals surface area contributed by atoms with Crippen LogP contribution in [0.1, 0.15) is 29.3 Å². The van der Waals surface area contributed by atoms with Crippen molar-refractivity contribution in [2.24, 2.45) is 4.99 Å². The number of hydrogen-bond acceptors (Lipinski definition) is 4. The Kier molecular flexibility index (Phi) is 10.8. The Morgan fingerprint density at radius 3 is 2.61 bits per heavy atom. The molecule has 2 aromatic rings. The van der Waals surface area contributed by atoms with E-state index >= 15 is 0 Å². The van der Waals surface area contributed by atoms with Crippen molar-refractivity contribution < 1.29 is 4.74 Å². The van der Waals surface area contributed by atoms with Gasteiger partial charge in [0.15, 0.2) is 5.96 Å². The number of nitrogens with zero attached hydrogens (tertiary/aromatic N) is 2. The van der Waals surface area contributed by atoms with Gasteiger partial charge in [-0.05, 0) is 42.9 Å². The Hall–Kier alpha value is -1.16. The van der Waals surface area contributed by atoms with Gasteiger partial charge in [-0.25, -0.2) is 0 Å². The van der Waals surface area contributed by atoms with Gasteiger partial charge in [-0.1, -0.05) is 36.4 Å². The van der Waals surface area contributed by atoms with E-state index in [0.29, 0.717) is 19.3 Å². The number of rotatable bonds is 9. The maximum atomic E-state index is 5.73. The fraction of sp³-hybridized carbons (Fsp3) is 0.476. The molecule has 0 spiro atoms. The van der Waals surface area contributed by atoms with Crippen molar-refractivity contribution in [1.29, 1.82) is 0 Å². The van der Waals surface area contributed by atoms with Crippen molar-refractivity contribution >= 4 is 41.3 Å². The molecule has 28 heavy (non-hydrogen) atoms. The summed E-state index contributed by atoms with van der Waals surface area (Å²) in [6, 6.07) is 15.0. The molecule has 154 valence electrons. The van der Waals surface area contributed by atoms with Gasteiger partial charge in [-0.15, -0.1) is 35.3 Å². The molecule has 1 unspecified atom stereocenters. The molecule has 5 nitrogen and oxygen atoms in total. The highest BCUT2D eigenvalue weighted by Gasteiger charge is 2.24. The zero-order valence-electron chi connectivity index (χ0n) is 16.5. The third kappa shape index (κ3) is 7.35. The smallest absolute Gasteiger partial charge is 0.191 e. The number of halogens is 1. The van der Waals surface area contributed by atoms with Crippen LogP contribution >= 0.6 is 35.3 Å². The number of hydrogen-bond donors (Lipinski definition) is 2. The Morgan fingerprint density at radius 2 is 1.93 bits per heavy atom. The normalized spacial score (nSPS) is 15.8. The first-order chi connectivity index (χ1) is 13.4. The van der Waals surface area contributed by atoms with E-state index in [-0.39, 0.29) is 24.0 Å². The highest BCUT2D eigenvalue weighted by Crippen LogP contribution is 2.27. The zero-order valence-corrected chi connectivity index (χ0v) is 19.6. The SMILES string of the molecule is CN=C(NCCOCc1ccccc1)NCC(c1cccs1)N1CCCC1.I. The predicted molar refractivity (Wildman–Crippen MR) is 129 cm³/mol. The molecule has 1 aromatic carbocycles. The molecule has 1 aromatic heterocycles. The summed E-state index contributed by atoms with van der Waals surface area (Å²) in [6.07, 6.45) is 2.60. The van der Waals surface area contributed by atoms with Crippen LogP contribution < -0.4 is 10.6 Å². The molecular weight excluding hydrogens is 483 g/mol. The molecule has 0 radical (unpaired) electrons. The van der Waals surface area contributed by atoms with E-state index in [0.717, 1.165) is 19.0 Å². The summed E-state index contributed by atoms with van der Waals surface area (Å²) >= 11 is 1.84. The molecule has 1 atom stereocenters. The molecule has 1 aliphatic rings. The summed E-state index contributed by atoms with van der Waals surface area (Å²) in [6.45, 7) is 5.26. The summed E-state index contributed by atoms with van der Waals surface area (Å²) < 4.78 is 5.73. The van der Waals surface area contributed by atoms with Crippen molar-refractivity contribution in [3.8, 4) is 0 Å². The standard InChI is InChI=1S/C21H30N4OS.HI/c1-22-21(23-11-14-26-17-18-8-3-2-4-9-18)24-16-19(20-10-7-15-27-20)25-12-5-6-13-25;/h2-4,7-10,15,19H,5-6,11-14,16-17H2,1H3,(H2,22,23,24);1H. The van der Waals surface area contributed by atoms with E-state index in [1.54, 1.807) is 0 Å². The first-order valence-electron chi connectivity index (χ1n) is 9.70. The molecule has 0 aliphatic carbocycles. The van der Waals surface area contributed by atoms with Gasteiger partial charge in [-0.2, -0.15) is 0 Å². The lowest BCUT2D eigenvalue weighted by Gasteiger charge is -2.27. The molecule has 7 heteroatoms. The van der Waals surface area contributed by atoms with E-state index in [2.05, 4.69) is 50.2 Å². The number of aliphatic imine (C=N–C) groups is 1. The van der Waals surface area contributed by atoms with Gasteiger partial charge < -0.3 is 15.4 Å². The minimum atomic E-state index is 0. The van der Waals surface area contributed by atoms with E-state index in [1.807, 2.05) is 36.6 Å². The fourth-order valence-corrected chi connectivity index (χ4v) is 4.22. The second-order valence-corrected chi connectivity index (χ2v) is 7.67. The van der Waals surface area contributed by atoms with Gasteiger partial charge in [0, 0.05) is 25.0 Å². The molecule has 0 saturated carbocycles. The van der Waals surface area contributed by atoms with Crippen LogP contribution in [0, 0.1) is 0 Å². The Bertz CT molecular complexity index is 675. The summed E-state index contributed by atoms with van der Waals surface area (Å²) in [7, 11) is 1.82. The first-order valence-corrected chi connectivity index (χ1v) is 10.6. The van der Waals surface area contributed by atoms with Crippen LogP contribution in [0.3, 0.4) is 0 Å². The quantitative estimate of drug-likeness (QED) is 0.231. The maximum Gasteiger partial charge on any atom is 0.191 e. The third-order valence-corrected chi connectivity index (χ3v) is 5.76. The van der Waals surface area contributed by atoms with Crippen LogP contribution in [0.5, 0.6) is 0 Å². The van der Waals surface area contributed by atoms with Gasteiger partial charge in [0.25, 0.3) is 0 Å². The maximum absolute atomic E-state index is 5.73. The lowest BCUT2D eigenvalue weighted by Crippen LogP contribution is -2.43. The van der Waals surface area contributed by atoms with Crippen molar-refractivity contribution in [2.45, 2.75) is 25.5 Å². The fourth-order valence-electron chi connectivity index (χ4n) is 3.36. The van der Waals surface area contributed by atoms with Crippen LogP contribution in [0.4, 0.5) is 0 Å². The van der Waals surface area contributed by atoms with Crippen LogP contribution in [0.2, 0.25) is 0 Å². The number of thiophene rings is 1. The van der Waals surface area contributed by atoms with Crippen molar-refractivity contribution in [3.63, 3.8) is 0 Å². The summed E-state index contributed by atoms with van der Waals surface area (Å²) in [5.74, 6) is 0.832. The third-order valence-electron chi connectivity index (χ3n) is 4.79. The lowest BCUT2D eigenvalue weighted by atomic mass is 10.2. The molecule has 3 rings (SSSR count). The van der Waals surface area contributed by atoms with Crippen LogP contribution in [-0.2, 0) is 11.3 Å². The average molecular weight is 514 g/mol. The van der Waals surface area contributed by atoms with Gasteiger partial charge >= 0.3 is 0 Å². The van der Waals surface area contributed by atoms with E-state index < -0.39 is 0 Å². The molecule has 2 N–H and O–H groups in total. The first kappa shape index (κ1) is 23.1. The minimum absolute atomic E-state index is 0. The van der Waals surface area contributed by atoms with Crippen molar-refractivity contribution in [1.82, 2.24) is 15.5 Å². The highest BCUT2D eigenvalue weighted by atomic mass is 127. The molecule has 2 heterocycles. The van der Waals surface area contributed by atoms with E-state index in [4.69, 9.17) is 4.74 Å². The minimum Gasteiger partial charge on any atom is -0.375 e. The second-order valence-electron chi connectivity index (χ2n) is 6.69. The van der Waals surface area contributed by atoms with E-state index in [1.165, 1.54) is 36.4 Å². The largest absolute Gasteiger partial charge is 0.375 e. The predicted octanol–water partition coefficient (Wildman–Crippen LogP) is 3.88. The van der Waals surface area contributed by atoms with Crippen LogP contribution in [0.15, 0.2) is 52.8 Å². The molecular formula is C21H31IN4OS. The van der Waals surface area contributed by atoms with Crippen LogP contribution in [0.25, 0.3) is 0 Å². The number of benzene rings is 1. The topological polar surface area (TPSA) is 48.9 Å². The molecule has 1 saturated heterocycles. The second kappa shape index (κ2) is 13.1. The number of nitrogens with one attached hydrogen (secondary N) is 2. The van der Waals surface area contributed by atoms with Crippen LogP contribution in [-0.4, -0.2) is 50.7 Å². The number of likely N-dealkylation sites (tertiary alicyclic amines) is 1. The van der Waals surface area contributed by atoms with Gasteiger partial charge in [0.05, 0.1) is 19.3 Å². The highest BCUT2D eigenvalue weighted by molar-refractivity contribution is 14.0. The summed E-state index contributed by atoms with van der Waals surface area (Å²) in [5, 5.41) is 9.00. The summed E-state index contributed by atoms with van der Waals surface area (Å²) in [5.41, 5.74) is 1.20. The van der Waals surface area contributed by atoms with Crippen molar-refractivity contribution in [3.05, 3.63) is 58.3 Å². The molecule has 1 aliphatic heterocycles. The molecule has 0 amide bonds. The Balaban J connectivity index is 0.00000280.